The summed E-state index contributed by atoms with van der Waals surface area (Å²) in [6.45, 7) is 1.73. The molecule has 2 rings (SSSR count). The first kappa shape index (κ1) is 4.77. The normalized spacial score (nSPS) is 33.0. The van der Waals surface area contributed by atoms with Crippen LogP contribution >= 0.6 is 0 Å². The molecule has 0 unspecified atom stereocenters. The van der Waals surface area contributed by atoms with Crippen molar-refractivity contribution in [3.8, 4) is 0 Å². The number of hydrogen-bond donors (Lipinski definition) is 1. The minimum Gasteiger partial charge on any atom is -0.364 e. The Balaban J connectivity index is 2.01. The smallest absolute Gasteiger partial charge is 0.0971 e. The molecular weight excluding hydrogens is 102 g/mol. The average molecular weight is 113 g/mol. The van der Waals surface area contributed by atoms with Crippen molar-refractivity contribution >= 4 is 0 Å². The van der Waals surface area contributed by atoms with E-state index in [4.69, 9.17) is 4.74 Å². The van der Waals surface area contributed by atoms with E-state index in [0.29, 0.717) is 5.54 Å². The second-order valence-electron chi connectivity index (χ2n) is 2.80. The summed E-state index contributed by atoms with van der Waals surface area (Å²) >= 11 is 0. The molecule has 0 aromatic rings. The molecule has 0 aromatic carbocycles. The van der Waals surface area contributed by atoms with Gasteiger partial charge in [0.25, 0.3) is 0 Å². The van der Waals surface area contributed by atoms with Crippen LogP contribution in [-0.4, -0.2) is 18.9 Å². The first-order chi connectivity index (χ1) is 3.91. The Morgan fingerprint density at radius 3 is 2.50 bits per heavy atom. The molecule has 1 aliphatic heterocycles. The average Bonchev–Trinajstić information content (AvgIpc) is 2.07. The van der Waals surface area contributed by atoms with Gasteiger partial charge >= 0.3 is 0 Å². The van der Waals surface area contributed by atoms with Crippen LogP contribution in [0.1, 0.15) is 19.3 Å². The summed E-state index contributed by atoms with van der Waals surface area (Å²) in [4.78, 5) is 0. The third kappa shape index (κ3) is 0.501. The molecule has 1 saturated carbocycles. The first-order valence-electron chi connectivity index (χ1n) is 3.24. The highest BCUT2D eigenvalue weighted by molar-refractivity contribution is 4.97. The predicted molar refractivity (Wildman–Crippen MR) is 30.5 cm³/mol. The fourth-order valence-electron chi connectivity index (χ4n) is 1.43. The lowest BCUT2D eigenvalue weighted by atomic mass is 9.78. The topological polar surface area (TPSA) is 21.3 Å². The third-order valence-corrected chi connectivity index (χ3v) is 2.24. The molecule has 46 valence electrons. The van der Waals surface area contributed by atoms with Crippen LogP contribution in [0.4, 0.5) is 0 Å². The summed E-state index contributed by atoms with van der Waals surface area (Å²) in [6.07, 6.45) is 4.04. The molecule has 2 heteroatoms. The molecule has 8 heavy (non-hydrogen) atoms. The van der Waals surface area contributed by atoms with Crippen molar-refractivity contribution in [2.45, 2.75) is 24.8 Å². The maximum absolute atomic E-state index is 5.19. The molecule has 0 atom stereocenters. The first-order valence-corrected chi connectivity index (χ1v) is 3.24. The van der Waals surface area contributed by atoms with Crippen molar-refractivity contribution in [2.75, 3.05) is 13.3 Å². The highest BCUT2D eigenvalue weighted by Gasteiger charge is 2.39. The van der Waals surface area contributed by atoms with Gasteiger partial charge < -0.3 is 4.74 Å². The third-order valence-electron chi connectivity index (χ3n) is 2.24. The Morgan fingerprint density at radius 2 is 2.25 bits per heavy atom. The fourth-order valence-corrected chi connectivity index (χ4v) is 1.43. The Bertz CT molecular complexity index is 90.7. The van der Waals surface area contributed by atoms with Gasteiger partial charge in [0, 0.05) is 5.54 Å². The summed E-state index contributed by atoms with van der Waals surface area (Å²) < 4.78 is 5.19. The second-order valence-corrected chi connectivity index (χ2v) is 2.80. The Morgan fingerprint density at radius 1 is 1.38 bits per heavy atom. The minimum atomic E-state index is 0.444. The number of rotatable bonds is 0. The second kappa shape index (κ2) is 1.45. The molecule has 1 aliphatic carbocycles. The molecule has 1 spiro atoms. The van der Waals surface area contributed by atoms with Gasteiger partial charge in [0.2, 0.25) is 0 Å². The van der Waals surface area contributed by atoms with E-state index in [2.05, 4.69) is 5.32 Å². The van der Waals surface area contributed by atoms with Crippen LogP contribution in [0.5, 0.6) is 0 Å². The molecular formula is C6H11NO. The Kier molecular flexibility index (Phi) is 0.866. The lowest BCUT2D eigenvalue weighted by molar-refractivity contribution is 0.146. The van der Waals surface area contributed by atoms with Crippen molar-refractivity contribution < 1.29 is 4.74 Å². The van der Waals surface area contributed by atoms with Crippen LogP contribution in [-0.2, 0) is 4.74 Å². The summed E-state index contributed by atoms with van der Waals surface area (Å²) in [5.41, 5.74) is 0.444. The molecule has 0 bridgehead atoms. The van der Waals surface area contributed by atoms with Crippen molar-refractivity contribution in [3.05, 3.63) is 0 Å². The largest absolute Gasteiger partial charge is 0.364 e. The van der Waals surface area contributed by atoms with Crippen molar-refractivity contribution in [3.63, 3.8) is 0 Å². The summed E-state index contributed by atoms with van der Waals surface area (Å²) in [7, 11) is 0. The Labute approximate surface area is 49.2 Å². The molecule has 1 saturated heterocycles. The zero-order chi connectivity index (χ0) is 5.45. The zero-order valence-corrected chi connectivity index (χ0v) is 4.94. The van der Waals surface area contributed by atoms with Gasteiger partial charge in [0.15, 0.2) is 0 Å². The number of nitrogens with one attached hydrogen (secondary N) is 1. The number of hydrogen-bond acceptors (Lipinski definition) is 2. The Hall–Kier alpha value is -0.0800. The summed E-state index contributed by atoms with van der Waals surface area (Å²) in [6, 6.07) is 0. The molecule has 1 heterocycles. The van der Waals surface area contributed by atoms with Crippen LogP contribution in [0, 0.1) is 0 Å². The van der Waals surface area contributed by atoms with Crippen LogP contribution in [0.2, 0.25) is 0 Å². The van der Waals surface area contributed by atoms with Gasteiger partial charge in [-0.15, -0.1) is 0 Å². The SMILES string of the molecule is C1CC2(C1)COCN2. The zero-order valence-electron chi connectivity index (χ0n) is 4.94. The van der Waals surface area contributed by atoms with E-state index >= 15 is 0 Å². The lowest BCUT2D eigenvalue weighted by Crippen LogP contribution is -2.48. The molecule has 2 nitrogen and oxygen atoms in total. The molecule has 1 N–H and O–H groups in total. The van der Waals surface area contributed by atoms with E-state index in [1.165, 1.54) is 19.3 Å². The molecule has 0 aromatic heterocycles. The van der Waals surface area contributed by atoms with Crippen LogP contribution in [0.25, 0.3) is 0 Å². The standard InChI is InChI=1S/C6H11NO/c1-2-6(3-1)4-8-5-7-6/h7H,1-5H2. The van der Waals surface area contributed by atoms with Gasteiger partial charge in [-0.3, -0.25) is 5.32 Å². The molecule has 0 radical (unpaired) electrons. The van der Waals surface area contributed by atoms with Crippen molar-refractivity contribution in [1.29, 1.82) is 0 Å². The molecule has 0 amide bonds. The van der Waals surface area contributed by atoms with E-state index in [9.17, 15) is 0 Å². The van der Waals surface area contributed by atoms with Crippen LogP contribution in [0.15, 0.2) is 0 Å². The van der Waals surface area contributed by atoms with Crippen molar-refractivity contribution in [2.24, 2.45) is 0 Å². The highest BCUT2D eigenvalue weighted by Crippen LogP contribution is 2.33. The number of ether oxygens (including phenoxy) is 1. The van der Waals surface area contributed by atoms with Crippen molar-refractivity contribution in [1.82, 2.24) is 5.32 Å². The lowest BCUT2D eigenvalue weighted by Gasteiger charge is -2.36. The van der Waals surface area contributed by atoms with Gasteiger partial charge in [0.05, 0.1) is 13.3 Å². The van der Waals surface area contributed by atoms with Crippen LogP contribution in [0.3, 0.4) is 0 Å². The van der Waals surface area contributed by atoms with Crippen LogP contribution < -0.4 is 5.32 Å². The van der Waals surface area contributed by atoms with Gasteiger partial charge in [-0.25, -0.2) is 0 Å². The van der Waals surface area contributed by atoms with E-state index in [1.54, 1.807) is 0 Å². The van der Waals surface area contributed by atoms with E-state index in [-0.39, 0.29) is 0 Å². The fraction of sp³-hybridized carbons (Fsp3) is 1.00. The maximum Gasteiger partial charge on any atom is 0.0971 e. The maximum atomic E-state index is 5.19. The van der Waals surface area contributed by atoms with E-state index in [0.717, 1.165) is 13.3 Å². The summed E-state index contributed by atoms with van der Waals surface area (Å²) in [5.74, 6) is 0. The molecule has 2 fully saturated rings. The van der Waals surface area contributed by atoms with Gasteiger partial charge in [-0.05, 0) is 19.3 Å². The predicted octanol–water partition coefficient (Wildman–Crippen LogP) is 0.486. The monoisotopic (exact) mass is 113 g/mol. The summed E-state index contributed by atoms with van der Waals surface area (Å²) in [5, 5.41) is 3.35. The quantitative estimate of drug-likeness (QED) is 0.493. The van der Waals surface area contributed by atoms with E-state index in [1.807, 2.05) is 0 Å². The minimum absolute atomic E-state index is 0.444. The highest BCUT2D eigenvalue weighted by atomic mass is 16.5. The van der Waals surface area contributed by atoms with Gasteiger partial charge in [-0.1, -0.05) is 0 Å². The van der Waals surface area contributed by atoms with E-state index < -0.39 is 0 Å². The van der Waals surface area contributed by atoms with Gasteiger partial charge in [0.1, 0.15) is 0 Å². The molecule has 2 aliphatic rings. The van der Waals surface area contributed by atoms with Gasteiger partial charge in [-0.2, -0.15) is 0 Å².